The molecule has 1 saturated carbocycles. The number of hydrogen-bond donors (Lipinski definition) is 1. The van der Waals surface area contributed by atoms with E-state index in [0.29, 0.717) is 29.6 Å². The Morgan fingerprint density at radius 2 is 1.71 bits per heavy atom. The molecule has 3 aromatic rings. The molecular formula is C23H22F2N4OS. The summed E-state index contributed by atoms with van der Waals surface area (Å²) < 4.78 is 32.8. The summed E-state index contributed by atoms with van der Waals surface area (Å²) in [5.74, 6) is 0.337. The van der Waals surface area contributed by atoms with Crippen molar-refractivity contribution < 1.29 is 13.5 Å². The molecule has 1 aliphatic heterocycles. The molecule has 1 aromatic heterocycles. The number of thioether (sulfide) groups is 1. The number of nitrogens with two attached hydrogens (primary N) is 1. The van der Waals surface area contributed by atoms with Crippen molar-refractivity contribution in [2.75, 3.05) is 36.9 Å². The van der Waals surface area contributed by atoms with Crippen LogP contribution < -0.4 is 10.6 Å². The molecule has 160 valence electrons. The lowest BCUT2D eigenvalue weighted by Gasteiger charge is -2.29. The maximum absolute atomic E-state index is 14.3. The van der Waals surface area contributed by atoms with Crippen molar-refractivity contribution in [1.82, 2.24) is 9.97 Å². The van der Waals surface area contributed by atoms with E-state index in [1.54, 1.807) is 0 Å². The van der Waals surface area contributed by atoms with Gasteiger partial charge in [-0.2, -0.15) is 0 Å². The predicted molar refractivity (Wildman–Crippen MR) is 118 cm³/mol. The lowest BCUT2D eigenvalue weighted by atomic mass is 10.1. The highest BCUT2D eigenvalue weighted by atomic mass is 32.2. The summed E-state index contributed by atoms with van der Waals surface area (Å²) in [6, 6.07) is 13.2. The highest BCUT2D eigenvalue weighted by molar-refractivity contribution is 8.00. The standard InChI is InChI=1S/C23H22F2N4OS/c24-16-3-6-19(18(25)13-16)31-23(7-8-23)20-14-21(29-9-11-30-12-10-29)28-22(27-20)15-1-4-17(26)5-2-15/h1-6,13-14H,7-12,26H2. The first-order chi connectivity index (χ1) is 15.0. The van der Waals surface area contributed by atoms with Gasteiger partial charge in [-0.15, -0.1) is 11.8 Å². The monoisotopic (exact) mass is 440 g/mol. The van der Waals surface area contributed by atoms with Gasteiger partial charge in [-0.05, 0) is 49.2 Å². The quantitative estimate of drug-likeness (QED) is 0.584. The molecule has 0 atom stereocenters. The molecule has 2 heterocycles. The summed E-state index contributed by atoms with van der Waals surface area (Å²) in [5, 5.41) is 0. The molecule has 0 amide bonds. The number of benzene rings is 2. The number of halogens is 2. The molecule has 0 unspecified atom stereocenters. The molecular weight excluding hydrogens is 418 g/mol. The second kappa shape index (κ2) is 8.09. The third-order valence-electron chi connectivity index (χ3n) is 5.59. The zero-order valence-corrected chi connectivity index (χ0v) is 17.7. The first-order valence-electron chi connectivity index (χ1n) is 10.2. The molecule has 1 aliphatic carbocycles. The van der Waals surface area contributed by atoms with Gasteiger partial charge in [0.15, 0.2) is 5.82 Å². The normalized spacial score (nSPS) is 17.5. The third-order valence-corrected chi connectivity index (χ3v) is 7.15. The molecule has 5 nitrogen and oxygen atoms in total. The highest BCUT2D eigenvalue weighted by Gasteiger charge is 2.48. The number of rotatable bonds is 5. The second-order valence-electron chi connectivity index (χ2n) is 7.83. The van der Waals surface area contributed by atoms with Crippen LogP contribution in [0.4, 0.5) is 20.3 Å². The number of ether oxygens (including phenoxy) is 1. The minimum absolute atomic E-state index is 0.342. The van der Waals surface area contributed by atoms with Crippen molar-refractivity contribution in [1.29, 1.82) is 0 Å². The molecule has 0 bridgehead atoms. The Morgan fingerprint density at radius 1 is 0.968 bits per heavy atom. The lowest BCUT2D eigenvalue weighted by Crippen LogP contribution is -2.37. The van der Waals surface area contributed by atoms with E-state index in [1.807, 2.05) is 30.3 Å². The number of anilines is 2. The van der Waals surface area contributed by atoms with Gasteiger partial charge in [-0.1, -0.05) is 0 Å². The number of nitrogen functional groups attached to an aromatic ring is 1. The van der Waals surface area contributed by atoms with E-state index in [1.165, 1.54) is 23.9 Å². The third kappa shape index (κ3) is 4.22. The van der Waals surface area contributed by atoms with Crippen molar-refractivity contribution in [2.45, 2.75) is 22.5 Å². The van der Waals surface area contributed by atoms with Gasteiger partial charge in [-0.3, -0.25) is 0 Å². The molecule has 0 spiro atoms. The van der Waals surface area contributed by atoms with E-state index in [2.05, 4.69) is 4.90 Å². The summed E-state index contributed by atoms with van der Waals surface area (Å²) in [6.07, 6.45) is 1.74. The zero-order valence-electron chi connectivity index (χ0n) is 16.9. The summed E-state index contributed by atoms with van der Waals surface area (Å²) in [4.78, 5) is 12.3. The molecule has 2 aliphatic rings. The average molecular weight is 441 g/mol. The van der Waals surface area contributed by atoms with E-state index < -0.39 is 11.6 Å². The maximum Gasteiger partial charge on any atom is 0.161 e. The van der Waals surface area contributed by atoms with Crippen molar-refractivity contribution in [3.63, 3.8) is 0 Å². The number of aromatic nitrogens is 2. The van der Waals surface area contributed by atoms with Gasteiger partial charge >= 0.3 is 0 Å². The maximum atomic E-state index is 14.3. The average Bonchev–Trinajstić information content (AvgIpc) is 3.57. The van der Waals surface area contributed by atoms with E-state index in [0.717, 1.165) is 49.1 Å². The van der Waals surface area contributed by atoms with Crippen LogP contribution in [0.1, 0.15) is 18.5 Å². The Hall–Kier alpha value is -2.71. The van der Waals surface area contributed by atoms with Gasteiger partial charge in [0, 0.05) is 41.4 Å². The molecule has 5 rings (SSSR count). The second-order valence-corrected chi connectivity index (χ2v) is 9.25. The Bertz CT molecular complexity index is 1100. The van der Waals surface area contributed by atoms with Crippen LogP contribution in [-0.2, 0) is 9.48 Å². The van der Waals surface area contributed by atoms with Gasteiger partial charge in [-0.25, -0.2) is 18.7 Å². The molecule has 2 aromatic carbocycles. The highest BCUT2D eigenvalue weighted by Crippen LogP contribution is 2.59. The van der Waals surface area contributed by atoms with E-state index in [9.17, 15) is 8.78 Å². The molecule has 0 radical (unpaired) electrons. The van der Waals surface area contributed by atoms with Gasteiger partial charge in [0.05, 0.1) is 23.7 Å². The number of morpholine rings is 1. The molecule has 2 N–H and O–H groups in total. The Balaban J connectivity index is 1.55. The van der Waals surface area contributed by atoms with Gasteiger partial charge < -0.3 is 15.4 Å². The Labute approximate surface area is 183 Å². The van der Waals surface area contributed by atoms with E-state index in [4.69, 9.17) is 20.4 Å². The fourth-order valence-corrected chi connectivity index (χ4v) is 4.90. The zero-order chi connectivity index (χ0) is 21.4. The van der Waals surface area contributed by atoms with Gasteiger partial charge in [0.25, 0.3) is 0 Å². The lowest BCUT2D eigenvalue weighted by molar-refractivity contribution is 0.122. The summed E-state index contributed by atoms with van der Waals surface area (Å²) in [6.45, 7) is 2.81. The van der Waals surface area contributed by atoms with Crippen molar-refractivity contribution in [2.24, 2.45) is 0 Å². The van der Waals surface area contributed by atoms with Crippen LogP contribution in [0.3, 0.4) is 0 Å². The largest absolute Gasteiger partial charge is 0.399 e. The van der Waals surface area contributed by atoms with E-state index >= 15 is 0 Å². The first-order valence-corrected chi connectivity index (χ1v) is 11.1. The summed E-state index contributed by atoms with van der Waals surface area (Å²) in [7, 11) is 0. The smallest absolute Gasteiger partial charge is 0.161 e. The number of nitrogens with zero attached hydrogens (tertiary/aromatic N) is 3. The van der Waals surface area contributed by atoms with Crippen molar-refractivity contribution >= 4 is 23.3 Å². The van der Waals surface area contributed by atoms with Crippen LogP contribution in [0.5, 0.6) is 0 Å². The molecule has 1 saturated heterocycles. The summed E-state index contributed by atoms with van der Waals surface area (Å²) in [5.41, 5.74) is 8.26. The Kier molecular flexibility index (Phi) is 5.27. The SMILES string of the molecule is Nc1ccc(-c2nc(N3CCOCC3)cc(C3(Sc4ccc(F)cc4F)CC3)n2)cc1. The summed E-state index contributed by atoms with van der Waals surface area (Å²) >= 11 is 1.41. The fraction of sp³-hybridized carbons (Fsp3) is 0.304. The van der Waals surface area contributed by atoms with Crippen LogP contribution in [-0.4, -0.2) is 36.3 Å². The van der Waals surface area contributed by atoms with Crippen LogP contribution in [0.25, 0.3) is 11.4 Å². The van der Waals surface area contributed by atoms with Crippen molar-refractivity contribution in [3.8, 4) is 11.4 Å². The fourth-order valence-electron chi connectivity index (χ4n) is 3.68. The molecule has 31 heavy (non-hydrogen) atoms. The molecule has 8 heteroatoms. The van der Waals surface area contributed by atoms with E-state index in [-0.39, 0.29) is 4.75 Å². The first kappa shape index (κ1) is 20.2. The Morgan fingerprint density at radius 3 is 2.39 bits per heavy atom. The predicted octanol–water partition coefficient (Wildman–Crippen LogP) is 4.62. The van der Waals surface area contributed by atoms with Gasteiger partial charge in [0.2, 0.25) is 0 Å². The van der Waals surface area contributed by atoms with Crippen LogP contribution in [0.15, 0.2) is 53.4 Å². The van der Waals surface area contributed by atoms with Crippen molar-refractivity contribution in [3.05, 3.63) is 65.9 Å². The topological polar surface area (TPSA) is 64.3 Å². The number of hydrogen-bond acceptors (Lipinski definition) is 6. The van der Waals surface area contributed by atoms with Gasteiger partial charge in [0.1, 0.15) is 17.5 Å². The minimum Gasteiger partial charge on any atom is -0.399 e. The molecule has 2 fully saturated rings. The van der Waals surface area contributed by atoms with Crippen LogP contribution in [0, 0.1) is 11.6 Å². The van der Waals surface area contributed by atoms with Crippen LogP contribution in [0.2, 0.25) is 0 Å². The van der Waals surface area contributed by atoms with Crippen LogP contribution >= 0.6 is 11.8 Å². The minimum atomic E-state index is -0.575.